The predicted octanol–water partition coefficient (Wildman–Crippen LogP) is 11.8. The summed E-state index contributed by atoms with van der Waals surface area (Å²) in [6.45, 7) is 4.69. The van der Waals surface area contributed by atoms with Crippen LogP contribution in [0.2, 0.25) is 0 Å². The molecule has 3 nitrogen and oxygen atoms in total. The van der Waals surface area contributed by atoms with E-state index < -0.39 is 0 Å². The highest BCUT2D eigenvalue weighted by molar-refractivity contribution is 6.13. The fourth-order valence-corrected chi connectivity index (χ4v) is 8.07. The van der Waals surface area contributed by atoms with Crippen LogP contribution in [0.5, 0.6) is 0 Å². The van der Waals surface area contributed by atoms with E-state index in [1.54, 1.807) is 0 Å². The molecule has 0 bridgehead atoms. The number of pyridine rings is 3. The maximum Gasteiger partial charge on any atom is 0.0972 e. The summed E-state index contributed by atoms with van der Waals surface area (Å²) < 4.78 is 0. The molecule has 1 aliphatic rings. The zero-order valence-corrected chi connectivity index (χ0v) is 27.3. The zero-order valence-electron chi connectivity index (χ0n) is 27.3. The summed E-state index contributed by atoms with van der Waals surface area (Å²) in [5, 5.41) is 5.76. The molecule has 49 heavy (non-hydrogen) atoms. The molecule has 230 valence electrons. The molecular weight excluding hydrogens is 595 g/mol. The van der Waals surface area contributed by atoms with Crippen LogP contribution in [0.3, 0.4) is 0 Å². The summed E-state index contributed by atoms with van der Waals surface area (Å²) >= 11 is 0. The molecule has 0 fully saturated rings. The van der Waals surface area contributed by atoms with Crippen molar-refractivity contribution in [2.24, 2.45) is 0 Å². The first-order valence-electron chi connectivity index (χ1n) is 16.9. The van der Waals surface area contributed by atoms with E-state index in [0.29, 0.717) is 0 Å². The highest BCUT2D eigenvalue weighted by Crippen LogP contribution is 2.53. The number of aromatic nitrogens is 3. The van der Waals surface area contributed by atoms with Crippen LogP contribution in [-0.4, -0.2) is 15.0 Å². The summed E-state index contributed by atoms with van der Waals surface area (Å²) in [5.41, 5.74) is 14.5. The number of rotatable bonds is 3. The van der Waals surface area contributed by atoms with E-state index in [9.17, 15) is 0 Å². The van der Waals surface area contributed by atoms with Crippen LogP contribution in [0.4, 0.5) is 0 Å². The topological polar surface area (TPSA) is 38.7 Å². The van der Waals surface area contributed by atoms with Crippen molar-refractivity contribution in [2.75, 3.05) is 0 Å². The largest absolute Gasteiger partial charge is 0.254 e. The Kier molecular flexibility index (Phi) is 5.92. The number of benzene rings is 6. The summed E-state index contributed by atoms with van der Waals surface area (Å²) in [7, 11) is 0. The summed E-state index contributed by atoms with van der Waals surface area (Å²) in [6.07, 6.45) is 1.84. The van der Waals surface area contributed by atoms with Gasteiger partial charge in [0.2, 0.25) is 0 Å². The quantitative estimate of drug-likeness (QED) is 0.183. The fraction of sp³-hybridized carbons (Fsp3) is 0.0652. The van der Waals surface area contributed by atoms with E-state index in [1.165, 1.54) is 49.5 Å². The van der Waals surface area contributed by atoms with E-state index in [2.05, 4.69) is 158 Å². The van der Waals surface area contributed by atoms with Crippen LogP contribution in [0, 0.1) is 0 Å². The average molecular weight is 626 g/mol. The zero-order chi connectivity index (χ0) is 32.7. The molecule has 0 aliphatic heterocycles. The number of hydrogen-bond acceptors (Lipinski definition) is 3. The van der Waals surface area contributed by atoms with Gasteiger partial charge in [0.25, 0.3) is 0 Å². The molecule has 0 radical (unpaired) electrons. The van der Waals surface area contributed by atoms with Gasteiger partial charge in [0, 0.05) is 44.3 Å². The summed E-state index contributed by atoms with van der Waals surface area (Å²) in [4.78, 5) is 15.3. The Bertz CT molecular complexity index is 2810. The highest BCUT2D eigenvalue weighted by atomic mass is 14.8. The van der Waals surface area contributed by atoms with Gasteiger partial charge in [-0.2, -0.15) is 0 Å². The van der Waals surface area contributed by atoms with Gasteiger partial charge in [-0.05, 0) is 63.0 Å². The average Bonchev–Trinajstić information content (AvgIpc) is 3.39. The first-order chi connectivity index (χ1) is 24.0. The molecule has 6 aromatic carbocycles. The SMILES string of the molecule is CC1(C)c2ccccc2-c2nc3c(ccc4ccccc43)c(-c3cccc(-c4cccc(-c5ccc6ccc7cccnc7c6n5)c4)c3)c21. The smallest absolute Gasteiger partial charge is 0.0972 e. The minimum absolute atomic E-state index is 0.204. The summed E-state index contributed by atoms with van der Waals surface area (Å²) in [6, 6.07) is 52.2. The number of fused-ring (bicyclic) bond motifs is 9. The van der Waals surface area contributed by atoms with Crippen molar-refractivity contribution in [1.29, 1.82) is 0 Å². The van der Waals surface area contributed by atoms with Gasteiger partial charge in [-0.15, -0.1) is 0 Å². The second-order valence-corrected chi connectivity index (χ2v) is 13.6. The monoisotopic (exact) mass is 625 g/mol. The van der Waals surface area contributed by atoms with Crippen LogP contribution in [0.15, 0.2) is 152 Å². The Morgan fingerprint density at radius 3 is 2.02 bits per heavy atom. The van der Waals surface area contributed by atoms with Gasteiger partial charge < -0.3 is 0 Å². The molecule has 0 amide bonds. The van der Waals surface area contributed by atoms with Crippen molar-refractivity contribution >= 4 is 43.5 Å². The first kappa shape index (κ1) is 27.9. The molecule has 0 saturated heterocycles. The Labute approximate surface area is 284 Å². The predicted molar refractivity (Wildman–Crippen MR) is 204 cm³/mol. The molecule has 0 saturated carbocycles. The van der Waals surface area contributed by atoms with Crippen LogP contribution in [0.1, 0.15) is 25.0 Å². The molecule has 9 aromatic rings. The molecule has 0 N–H and O–H groups in total. The third-order valence-electron chi connectivity index (χ3n) is 10.4. The fourth-order valence-electron chi connectivity index (χ4n) is 8.07. The van der Waals surface area contributed by atoms with E-state index in [-0.39, 0.29) is 5.41 Å². The van der Waals surface area contributed by atoms with Gasteiger partial charge >= 0.3 is 0 Å². The Hall–Kier alpha value is -6.19. The maximum atomic E-state index is 5.46. The second kappa shape index (κ2) is 10.4. The second-order valence-electron chi connectivity index (χ2n) is 13.6. The van der Waals surface area contributed by atoms with Crippen molar-refractivity contribution in [1.82, 2.24) is 15.0 Å². The van der Waals surface area contributed by atoms with Gasteiger partial charge in [0.05, 0.1) is 27.9 Å². The van der Waals surface area contributed by atoms with E-state index in [4.69, 9.17) is 9.97 Å². The highest BCUT2D eigenvalue weighted by Gasteiger charge is 2.39. The van der Waals surface area contributed by atoms with Gasteiger partial charge in [-0.1, -0.05) is 135 Å². The van der Waals surface area contributed by atoms with Crippen molar-refractivity contribution < 1.29 is 0 Å². The van der Waals surface area contributed by atoms with Crippen molar-refractivity contribution in [2.45, 2.75) is 19.3 Å². The van der Waals surface area contributed by atoms with Gasteiger partial charge in [0.15, 0.2) is 0 Å². The van der Waals surface area contributed by atoms with Crippen LogP contribution in [0.25, 0.3) is 88.2 Å². The molecule has 1 aliphatic carbocycles. The minimum Gasteiger partial charge on any atom is -0.254 e. The standard InChI is InChI=1S/C46H31N3/c1-46(2)38-18-6-5-17-36(38)45-41(46)40(37-23-21-28-10-3-4-16-35(28)44(37)49-45)34-14-8-12-32(27-34)31-11-7-13-33(26-31)39-24-22-30-20-19-29-15-9-25-47-42(29)43(30)48-39/h3-27H,1-2H3. The van der Waals surface area contributed by atoms with E-state index in [0.717, 1.165) is 49.8 Å². The van der Waals surface area contributed by atoms with E-state index in [1.807, 2.05) is 12.3 Å². The number of nitrogens with zero attached hydrogens (tertiary/aromatic N) is 3. The van der Waals surface area contributed by atoms with Crippen molar-refractivity contribution in [3.63, 3.8) is 0 Å². The van der Waals surface area contributed by atoms with Crippen LogP contribution < -0.4 is 0 Å². The molecular formula is C46H31N3. The lowest BCUT2D eigenvalue weighted by molar-refractivity contribution is 0.662. The van der Waals surface area contributed by atoms with Gasteiger partial charge in [-0.3, -0.25) is 4.98 Å². The van der Waals surface area contributed by atoms with Crippen LogP contribution >= 0.6 is 0 Å². The lowest BCUT2D eigenvalue weighted by atomic mass is 9.78. The number of hydrogen-bond donors (Lipinski definition) is 0. The summed E-state index contributed by atoms with van der Waals surface area (Å²) in [5.74, 6) is 0. The van der Waals surface area contributed by atoms with Gasteiger partial charge in [-0.25, -0.2) is 9.97 Å². The van der Waals surface area contributed by atoms with Gasteiger partial charge in [0.1, 0.15) is 0 Å². The lowest BCUT2D eigenvalue weighted by Gasteiger charge is -2.25. The van der Waals surface area contributed by atoms with Crippen LogP contribution in [-0.2, 0) is 5.41 Å². The molecule has 3 heteroatoms. The van der Waals surface area contributed by atoms with E-state index >= 15 is 0 Å². The molecule has 3 aromatic heterocycles. The minimum atomic E-state index is -0.204. The maximum absolute atomic E-state index is 5.46. The first-order valence-corrected chi connectivity index (χ1v) is 16.9. The van der Waals surface area contributed by atoms with Crippen molar-refractivity contribution in [3.05, 3.63) is 163 Å². The third-order valence-corrected chi connectivity index (χ3v) is 10.4. The molecule has 3 heterocycles. The third kappa shape index (κ3) is 4.19. The normalized spacial score (nSPS) is 13.3. The Morgan fingerprint density at radius 1 is 0.469 bits per heavy atom. The Morgan fingerprint density at radius 2 is 1.14 bits per heavy atom. The van der Waals surface area contributed by atoms with Crippen molar-refractivity contribution in [3.8, 4) is 44.8 Å². The lowest BCUT2D eigenvalue weighted by Crippen LogP contribution is -2.16. The molecule has 0 atom stereocenters. The molecule has 0 unspecified atom stereocenters. The molecule has 10 rings (SSSR count). The Balaban J connectivity index is 1.16. The molecule has 0 spiro atoms.